The zero-order valence-corrected chi connectivity index (χ0v) is 12.2. The first-order valence-corrected chi connectivity index (χ1v) is 7.64. The summed E-state index contributed by atoms with van der Waals surface area (Å²) in [7, 11) is 0. The molecule has 3 nitrogen and oxygen atoms in total. The Bertz CT molecular complexity index is 282. The molecule has 1 atom stereocenters. The van der Waals surface area contributed by atoms with Crippen LogP contribution >= 0.6 is 0 Å². The summed E-state index contributed by atoms with van der Waals surface area (Å²) >= 11 is 0. The number of nitrogens with zero attached hydrogens (tertiary/aromatic N) is 2. The van der Waals surface area contributed by atoms with E-state index in [1.54, 1.807) is 0 Å². The lowest BCUT2D eigenvalue weighted by Crippen LogP contribution is -2.44. The Labute approximate surface area is 112 Å². The highest BCUT2D eigenvalue weighted by Crippen LogP contribution is 2.25. The molecule has 2 aliphatic rings. The van der Waals surface area contributed by atoms with Crippen LogP contribution in [0.4, 0.5) is 0 Å². The van der Waals surface area contributed by atoms with Gasteiger partial charge in [0, 0.05) is 25.0 Å². The number of rotatable bonds is 3. The minimum absolute atomic E-state index is 0.301. The summed E-state index contributed by atoms with van der Waals surface area (Å²) in [4.78, 5) is 17.1. The van der Waals surface area contributed by atoms with Crippen molar-refractivity contribution in [1.29, 1.82) is 0 Å². The Morgan fingerprint density at radius 1 is 1.17 bits per heavy atom. The molecule has 18 heavy (non-hydrogen) atoms. The van der Waals surface area contributed by atoms with E-state index in [1.165, 1.54) is 12.8 Å². The molecule has 0 spiro atoms. The van der Waals surface area contributed by atoms with Gasteiger partial charge in [0.15, 0.2) is 0 Å². The molecule has 3 heteroatoms. The van der Waals surface area contributed by atoms with Crippen LogP contribution in [0.25, 0.3) is 0 Å². The van der Waals surface area contributed by atoms with Crippen molar-refractivity contribution in [2.24, 2.45) is 11.8 Å². The van der Waals surface area contributed by atoms with Gasteiger partial charge in [0.05, 0.1) is 0 Å². The highest BCUT2D eigenvalue weighted by atomic mass is 16.2. The van der Waals surface area contributed by atoms with Crippen molar-refractivity contribution in [2.45, 2.75) is 52.5 Å². The minimum atomic E-state index is 0.301. The molecule has 0 N–H and O–H groups in total. The summed E-state index contributed by atoms with van der Waals surface area (Å²) in [5.74, 6) is 1.50. The van der Waals surface area contributed by atoms with Gasteiger partial charge in [-0.25, -0.2) is 0 Å². The maximum absolute atomic E-state index is 12.4. The highest BCUT2D eigenvalue weighted by Gasteiger charge is 2.32. The molecule has 0 unspecified atom stereocenters. The van der Waals surface area contributed by atoms with Gasteiger partial charge in [-0.1, -0.05) is 13.3 Å². The predicted molar refractivity (Wildman–Crippen MR) is 74.4 cm³/mol. The number of hydrogen-bond acceptors (Lipinski definition) is 2. The van der Waals surface area contributed by atoms with Gasteiger partial charge < -0.3 is 9.80 Å². The zero-order chi connectivity index (χ0) is 13.1. The van der Waals surface area contributed by atoms with Crippen molar-refractivity contribution in [3.05, 3.63) is 0 Å². The number of likely N-dealkylation sites (tertiary alicyclic amines) is 2. The molecule has 0 radical (unpaired) electrons. The first kappa shape index (κ1) is 13.9. The van der Waals surface area contributed by atoms with Crippen LogP contribution in [0, 0.1) is 11.8 Å². The fraction of sp³-hybridized carbons (Fsp3) is 0.933. The molecule has 2 heterocycles. The van der Waals surface area contributed by atoms with Gasteiger partial charge in [0.25, 0.3) is 0 Å². The van der Waals surface area contributed by atoms with Crippen molar-refractivity contribution in [3.63, 3.8) is 0 Å². The van der Waals surface area contributed by atoms with Gasteiger partial charge >= 0.3 is 0 Å². The molecule has 1 amide bonds. The number of carbonyl (C=O) groups is 1. The van der Waals surface area contributed by atoms with Crippen LogP contribution in [0.2, 0.25) is 0 Å². The van der Waals surface area contributed by atoms with E-state index < -0.39 is 0 Å². The zero-order valence-electron chi connectivity index (χ0n) is 12.2. The summed E-state index contributed by atoms with van der Waals surface area (Å²) in [6, 6.07) is 0.623. The van der Waals surface area contributed by atoms with Gasteiger partial charge in [-0.15, -0.1) is 0 Å². The number of carbonyl (C=O) groups excluding carboxylic acids is 1. The molecule has 2 rings (SSSR count). The van der Waals surface area contributed by atoms with E-state index in [4.69, 9.17) is 0 Å². The van der Waals surface area contributed by atoms with E-state index >= 15 is 0 Å². The second kappa shape index (κ2) is 6.05. The van der Waals surface area contributed by atoms with E-state index in [0.717, 1.165) is 44.9 Å². The van der Waals surface area contributed by atoms with Gasteiger partial charge in [-0.05, 0) is 52.1 Å². The van der Waals surface area contributed by atoms with Crippen LogP contribution in [-0.2, 0) is 4.79 Å². The first-order chi connectivity index (χ1) is 8.61. The fourth-order valence-electron chi connectivity index (χ4n) is 3.29. The number of piperidine rings is 1. The fourth-order valence-corrected chi connectivity index (χ4v) is 3.29. The van der Waals surface area contributed by atoms with Crippen LogP contribution in [-0.4, -0.2) is 47.9 Å². The quantitative estimate of drug-likeness (QED) is 0.770. The Kier molecular flexibility index (Phi) is 4.66. The molecule has 0 bridgehead atoms. The average Bonchev–Trinajstić information content (AvgIpc) is 2.86. The molecular weight excluding hydrogens is 224 g/mol. The van der Waals surface area contributed by atoms with Crippen molar-refractivity contribution < 1.29 is 4.79 Å². The predicted octanol–water partition coefficient (Wildman–Crippen LogP) is 2.37. The lowest BCUT2D eigenvalue weighted by molar-refractivity contribution is -0.136. The highest BCUT2D eigenvalue weighted by molar-refractivity contribution is 5.79. The Hall–Kier alpha value is -0.570. The van der Waals surface area contributed by atoms with Gasteiger partial charge in [0.2, 0.25) is 5.91 Å². The summed E-state index contributed by atoms with van der Waals surface area (Å²) in [6.07, 6.45) is 4.55. The number of hydrogen-bond donors (Lipinski definition) is 0. The molecule has 0 aromatic heterocycles. The van der Waals surface area contributed by atoms with Crippen LogP contribution in [0.1, 0.15) is 46.5 Å². The Balaban J connectivity index is 1.81. The first-order valence-electron chi connectivity index (χ1n) is 7.64. The second-order valence-electron chi connectivity index (χ2n) is 6.25. The average molecular weight is 252 g/mol. The summed E-state index contributed by atoms with van der Waals surface area (Å²) in [5.41, 5.74) is 0. The van der Waals surface area contributed by atoms with E-state index in [-0.39, 0.29) is 0 Å². The molecule has 0 aromatic carbocycles. The molecule has 0 saturated carbocycles. The normalized spacial score (nSPS) is 27.1. The van der Waals surface area contributed by atoms with Crippen molar-refractivity contribution >= 4 is 5.91 Å². The maximum atomic E-state index is 12.4. The van der Waals surface area contributed by atoms with E-state index in [1.807, 2.05) is 0 Å². The lowest BCUT2D eigenvalue weighted by atomic mass is 9.94. The van der Waals surface area contributed by atoms with Gasteiger partial charge in [-0.2, -0.15) is 0 Å². The minimum Gasteiger partial charge on any atom is -0.342 e. The standard InChI is InChI=1S/C15H28N2O/c1-4-13-5-8-17(11-13)15(18)14-6-9-16(10-7-14)12(2)3/h12-14H,4-11H2,1-3H3/t13-/m1/s1. The molecular formula is C15H28N2O. The van der Waals surface area contributed by atoms with Gasteiger partial charge in [-0.3, -0.25) is 4.79 Å². The van der Waals surface area contributed by atoms with Crippen molar-refractivity contribution in [3.8, 4) is 0 Å². The third kappa shape index (κ3) is 3.05. The molecule has 0 aliphatic carbocycles. The van der Waals surface area contributed by atoms with Crippen LogP contribution in [0.15, 0.2) is 0 Å². The summed E-state index contributed by atoms with van der Waals surface area (Å²) in [5, 5.41) is 0. The van der Waals surface area contributed by atoms with Crippen molar-refractivity contribution in [1.82, 2.24) is 9.80 Å². The monoisotopic (exact) mass is 252 g/mol. The third-order valence-electron chi connectivity index (χ3n) is 4.78. The second-order valence-corrected chi connectivity index (χ2v) is 6.25. The maximum Gasteiger partial charge on any atom is 0.225 e. The lowest BCUT2D eigenvalue weighted by Gasteiger charge is -2.35. The number of amides is 1. The smallest absolute Gasteiger partial charge is 0.225 e. The molecule has 0 aromatic rings. The summed E-state index contributed by atoms with van der Waals surface area (Å²) < 4.78 is 0. The van der Waals surface area contributed by atoms with Gasteiger partial charge in [0.1, 0.15) is 0 Å². The van der Waals surface area contributed by atoms with Crippen LogP contribution < -0.4 is 0 Å². The molecule has 2 aliphatic heterocycles. The van der Waals surface area contributed by atoms with E-state index in [0.29, 0.717) is 17.9 Å². The Morgan fingerprint density at radius 2 is 1.83 bits per heavy atom. The van der Waals surface area contributed by atoms with E-state index in [9.17, 15) is 4.79 Å². The van der Waals surface area contributed by atoms with E-state index in [2.05, 4.69) is 30.6 Å². The third-order valence-corrected chi connectivity index (χ3v) is 4.78. The molecule has 2 saturated heterocycles. The van der Waals surface area contributed by atoms with Crippen molar-refractivity contribution in [2.75, 3.05) is 26.2 Å². The SMILES string of the molecule is CC[C@@H]1CCN(C(=O)C2CCN(C(C)C)CC2)C1. The largest absolute Gasteiger partial charge is 0.342 e. The van der Waals surface area contributed by atoms with Crippen LogP contribution in [0.5, 0.6) is 0 Å². The molecule has 2 fully saturated rings. The Morgan fingerprint density at radius 3 is 2.33 bits per heavy atom. The summed E-state index contributed by atoms with van der Waals surface area (Å²) in [6.45, 7) is 10.9. The molecule has 104 valence electrons. The topological polar surface area (TPSA) is 23.6 Å². The van der Waals surface area contributed by atoms with Crippen LogP contribution in [0.3, 0.4) is 0 Å².